The molecule has 0 unspecified atom stereocenters. The van der Waals surface area contributed by atoms with Gasteiger partial charge in [0, 0.05) is 16.5 Å². The van der Waals surface area contributed by atoms with E-state index < -0.39 is 11.9 Å². The molecule has 0 fully saturated rings. The predicted octanol–water partition coefficient (Wildman–Crippen LogP) is 5.07. The summed E-state index contributed by atoms with van der Waals surface area (Å²) in [6.07, 6.45) is 1.65. The van der Waals surface area contributed by atoms with Gasteiger partial charge in [0.15, 0.2) is 11.5 Å². The Morgan fingerprint density at radius 3 is 2.41 bits per heavy atom. The van der Waals surface area contributed by atoms with Crippen LogP contribution in [-0.2, 0) is 16.1 Å². The van der Waals surface area contributed by atoms with Crippen molar-refractivity contribution in [3.63, 3.8) is 0 Å². The number of ether oxygens (including phenoxy) is 2. The minimum atomic E-state index is -0.738. The molecule has 0 aliphatic rings. The third-order valence-electron chi connectivity index (χ3n) is 5.68. The molecule has 3 aromatic carbocycles. The molecule has 0 radical (unpaired) electrons. The Hall–Kier alpha value is -4.76. The molecule has 0 aliphatic carbocycles. The van der Waals surface area contributed by atoms with Gasteiger partial charge in [-0.3, -0.25) is 5.10 Å². The van der Waals surface area contributed by atoms with E-state index in [1.54, 1.807) is 36.5 Å². The third kappa shape index (κ3) is 4.85. The molecule has 0 saturated heterocycles. The van der Waals surface area contributed by atoms with Crippen molar-refractivity contribution in [1.29, 1.82) is 0 Å². The second-order valence-electron chi connectivity index (χ2n) is 8.08. The number of nitrogen functional groups attached to an aromatic ring is 1. The lowest BCUT2D eigenvalue weighted by Crippen LogP contribution is -2.14. The first-order valence-electron chi connectivity index (χ1n) is 11.1. The highest BCUT2D eigenvalue weighted by atomic mass is 35.5. The van der Waals surface area contributed by atoms with Gasteiger partial charge >= 0.3 is 11.9 Å². The first-order valence-corrected chi connectivity index (χ1v) is 11.5. The van der Waals surface area contributed by atoms with E-state index in [1.807, 2.05) is 36.4 Å². The summed E-state index contributed by atoms with van der Waals surface area (Å²) in [6.45, 7) is -0.0516. The quantitative estimate of drug-likeness (QED) is 0.301. The van der Waals surface area contributed by atoms with Gasteiger partial charge in [-0.2, -0.15) is 5.10 Å². The van der Waals surface area contributed by atoms with Crippen molar-refractivity contribution in [3.8, 4) is 22.5 Å². The van der Waals surface area contributed by atoms with Crippen LogP contribution in [0.4, 0.5) is 5.82 Å². The number of nitrogens with one attached hydrogen (secondary N) is 1. The summed E-state index contributed by atoms with van der Waals surface area (Å²) in [4.78, 5) is 33.8. The Morgan fingerprint density at radius 1 is 0.946 bits per heavy atom. The maximum Gasteiger partial charge on any atom is 0.361 e. The average Bonchev–Trinajstić information content (AvgIpc) is 3.41. The number of benzene rings is 3. The molecule has 5 rings (SSSR count). The third-order valence-corrected chi connectivity index (χ3v) is 5.98. The SMILES string of the molecule is COC(=O)c1ccc(COC(=O)c2nc(-c3cc(Cl)c4[nH]ncc4c3)c(-c3ccccc3)nc2N)cc1. The molecule has 0 aliphatic heterocycles. The van der Waals surface area contributed by atoms with E-state index in [1.165, 1.54) is 7.11 Å². The van der Waals surface area contributed by atoms with Crippen LogP contribution in [0.25, 0.3) is 33.4 Å². The molecule has 2 aromatic heterocycles. The lowest BCUT2D eigenvalue weighted by molar-refractivity contribution is 0.0465. The zero-order valence-electron chi connectivity index (χ0n) is 19.6. The smallest absolute Gasteiger partial charge is 0.361 e. The van der Waals surface area contributed by atoms with Gasteiger partial charge in [0.2, 0.25) is 0 Å². The van der Waals surface area contributed by atoms with Crippen LogP contribution < -0.4 is 5.73 Å². The fourth-order valence-electron chi connectivity index (χ4n) is 3.82. The zero-order chi connectivity index (χ0) is 25.9. The second-order valence-corrected chi connectivity index (χ2v) is 8.48. The number of halogens is 1. The standard InChI is InChI=1S/C27H20ClN5O4/c1-36-26(34)17-9-7-15(8-10-17)14-37-27(35)24-25(29)32-22(16-5-3-2-4-6-16)23(31-24)18-11-19-13-30-33-21(19)20(28)12-18/h2-13H,14H2,1H3,(H2,29,32)(H,30,33). The summed E-state index contributed by atoms with van der Waals surface area (Å²) in [5.74, 6) is -1.26. The minimum absolute atomic E-state index is 0.0516. The normalized spacial score (nSPS) is 10.9. The highest BCUT2D eigenvalue weighted by Crippen LogP contribution is 2.35. The zero-order valence-corrected chi connectivity index (χ0v) is 20.3. The van der Waals surface area contributed by atoms with Gasteiger partial charge in [0.05, 0.1) is 40.8 Å². The highest BCUT2D eigenvalue weighted by molar-refractivity contribution is 6.35. The molecule has 0 spiro atoms. The van der Waals surface area contributed by atoms with Crippen molar-refractivity contribution in [2.75, 3.05) is 12.8 Å². The predicted molar refractivity (Wildman–Crippen MR) is 139 cm³/mol. The number of carbonyl (C=O) groups excluding carboxylic acids is 2. The van der Waals surface area contributed by atoms with E-state index in [2.05, 4.69) is 20.2 Å². The van der Waals surface area contributed by atoms with Crippen LogP contribution in [0.1, 0.15) is 26.4 Å². The van der Waals surface area contributed by atoms with Crippen molar-refractivity contribution < 1.29 is 19.1 Å². The molecule has 184 valence electrons. The Bertz CT molecular complexity index is 1620. The molecule has 0 bridgehead atoms. The van der Waals surface area contributed by atoms with E-state index in [-0.39, 0.29) is 18.1 Å². The van der Waals surface area contributed by atoms with Crippen molar-refractivity contribution in [2.45, 2.75) is 6.61 Å². The average molecular weight is 514 g/mol. The van der Waals surface area contributed by atoms with Crippen LogP contribution in [0.5, 0.6) is 0 Å². The van der Waals surface area contributed by atoms with Crippen LogP contribution in [-0.4, -0.2) is 39.2 Å². The molecule has 9 nitrogen and oxygen atoms in total. The number of esters is 2. The van der Waals surface area contributed by atoms with Crippen LogP contribution in [0.15, 0.2) is 72.9 Å². The van der Waals surface area contributed by atoms with Gasteiger partial charge in [0.1, 0.15) is 6.61 Å². The summed E-state index contributed by atoms with van der Waals surface area (Å²) in [6, 6.07) is 19.5. The monoisotopic (exact) mass is 513 g/mol. The Morgan fingerprint density at radius 2 is 1.68 bits per heavy atom. The number of aromatic nitrogens is 4. The van der Waals surface area contributed by atoms with E-state index >= 15 is 0 Å². The summed E-state index contributed by atoms with van der Waals surface area (Å²) in [5, 5.41) is 8.13. The van der Waals surface area contributed by atoms with Crippen LogP contribution in [0.3, 0.4) is 0 Å². The van der Waals surface area contributed by atoms with Gasteiger partial charge in [-0.05, 0) is 29.8 Å². The first kappa shape index (κ1) is 24.0. The molecule has 37 heavy (non-hydrogen) atoms. The molecule has 3 N–H and O–H groups in total. The first-order chi connectivity index (χ1) is 17.9. The minimum Gasteiger partial charge on any atom is -0.465 e. The topological polar surface area (TPSA) is 133 Å². The van der Waals surface area contributed by atoms with Crippen molar-refractivity contribution in [3.05, 3.63) is 94.8 Å². The van der Waals surface area contributed by atoms with Crippen molar-refractivity contribution in [2.24, 2.45) is 0 Å². The number of anilines is 1. The highest BCUT2D eigenvalue weighted by Gasteiger charge is 2.22. The van der Waals surface area contributed by atoms with Crippen molar-refractivity contribution in [1.82, 2.24) is 20.2 Å². The van der Waals surface area contributed by atoms with E-state index in [0.717, 1.165) is 10.9 Å². The molecular formula is C27H20ClN5O4. The summed E-state index contributed by atoms with van der Waals surface area (Å²) < 4.78 is 10.2. The van der Waals surface area contributed by atoms with E-state index in [4.69, 9.17) is 26.8 Å². The maximum atomic E-state index is 13.0. The van der Waals surface area contributed by atoms with Crippen LogP contribution in [0, 0.1) is 0 Å². The summed E-state index contributed by atoms with van der Waals surface area (Å²) in [7, 11) is 1.31. The molecule has 0 atom stereocenters. The number of hydrogen-bond acceptors (Lipinski definition) is 8. The number of rotatable bonds is 6. The number of aromatic amines is 1. The molecule has 2 heterocycles. The van der Waals surface area contributed by atoms with E-state index in [9.17, 15) is 9.59 Å². The Balaban J connectivity index is 1.50. The van der Waals surface area contributed by atoms with Crippen LogP contribution >= 0.6 is 11.6 Å². The van der Waals surface area contributed by atoms with Gasteiger partial charge < -0.3 is 15.2 Å². The fraction of sp³-hybridized carbons (Fsp3) is 0.0741. The number of methoxy groups -OCH3 is 1. The number of H-pyrrole nitrogens is 1. The number of hydrogen-bond donors (Lipinski definition) is 2. The molecule has 0 amide bonds. The number of carbonyl (C=O) groups is 2. The number of nitrogens with two attached hydrogens (primary N) is 1. The van der Waals surface area contributed by atoms with Crippen molar-refractivity contribution >= 4 is 40.3 Å². The molecule has 5 aromatic rings. The summed E-state index contributed by atoms with van der Waals surface area (Å²) >= 11 is 6.48. The Labute approximate surface area is 216 Å². The largest absolute Gasteiger partial charge is 0.465 e. The van der Waals surface area contributed by atoms with Gasteiger partial charge in [0.25, 0.3) is 0 Å². The summed E-state index contributed by atoms with van der Waals surface area (Å²) in [5.41, 5.74) is 10.1. The number of nitrogens with zero attached hydrogens (tertiary/aromatic N) is 3. The molecular weight excluding hydrogens is 494 g/mol. The molecule has 10 heteroatoms. The van der Waals surface area contributed by atoms with E-state index in [0.29, 0.717) is 38.6 Å². The maximum absolute atomic E-state index is 13.0. The van der Waals surface area contributed by atoms with Gasteiger partial charge in [-0.25, -0.2) is 19.6 Å². The van der Waals surface area contributed by atoms with Gasteiger partial charge in [-0.15, -0.1) is 0 Å². The lowest BCUT2D eigenvalue weighted by Gasteiger charge is -2.13. The van der Waals surface area contributed by atoms with Crippen LogP contribution in [0.2, 0.25) is 5.02 Å². The lowest BCUT2D eigenvalue weighted by atomic mass is 10.0. The van der Waals surface area contributed by atoms with Gasteiger partial charge in [-0.1, -0.05) is 54.1 Å². The molecule has 0 saturated carbocycles. The fourth-order valence-corrected chi connectivity index (χ4v) is 4.09. The Kier molecular flexibility index (Phi) is 6.53. The second kappa shape index (κ2) is 10.1. The number of fused-ring (bicyclic) bond motifs is 1.